The van der Waals surface area contributed by atoms with Crippen LogP contribution in [-0.4, -0.2) is 43.3 Å². The van der Waals surface area contributed by atoms with Crippen LogP contribution in [0.15, 0.2) is 36.5 Å². The Balaban J connectivity index is 3.99. The third kappa shape index (κ3) is 37.8. The summed E-state index contributed by atoms with van der Waals surface area (Å²) in [6.07, 6.45) is 43.4. The van der Waals surface area contributed by atoms with E-state index in [0.29, 0.717) is 6.42 Å². The van der Waals surface area contributed by atoms with Crippen molar-refractivity contribution in [2.75, 3.05) is 20.3 Å². The van der Waals surface area contributed by atoms with Gasteiger partial charge in [0, 0.05) is 20.0 Å². The Hall–Kier alpha value is -1.73. The number of carbonyl (C=O) groups is 2. The van der Waals surface area contributed by atoms with Crippen molar-refractivity contribution >= 4 is 19.8 Å². The second kappa shape index (κ2) is 38.0. The van der Waals surface area contributed by atoms with E-state index in [1.165, 1.54) is 96.3 Å². The van der Waals surface area contributed by atoms with Crippen molar-refractivity contribution in [3.05, 3.63) is 36.5 Å². The van der Waals surface area contributed by atoms with Crippen LogP contribution in [-0.2, 0) is 32.7 Å². The highest BCUT2D eigenvalue weighted by Crippen LogP contribution is 2.42. The van der Waals surface area contributed by atoms with Crippen LogP contribution in [0.1, 0.15) is 194 Å². The van der Waals surface area contributed by atoms with Gasteiger partial charge in [0.1, 0.15) is 6.61 Å². The molecule has 0 rings (SSSR count). The van der Waals surface area contributed by atoms with Crippen molar-refractivity contribution in [1.29, 1.82) is 0 Å². The Morgan fingerprint density at radius 2 is 0.980 bits per heavy atom. The number of unbranched alkanes of at least 4 members (excludes halogenated alkanes) is 21. The SMILES string of the molecule is CCC/C=C\C/C=C\CCCCCCCC(=O)OC(COC(=O)CCCCCCCCCCC/C=C\CCCCCCCC)COP(=O)(O)OC. The first-order valence-corrected chi connectivity index (χ1v) is 22.2. The third-order valence-electron chi connectivity index (χ3n) is 8.84. The quantitative estimate of drug-likeness (QED) is 0.0288. The van der Waals surface area contributed by atoms with E-state index in [-0.39, 0.29) is 25.4 Å². The lowest BCUT2D eigenvalue weighted by atomic mass is 10.1. The Kier molecular flexibility index (Phi) is 36.7. The number of phosphoric acid groups is 1. The van der Waals surface area contributed by atoms with E-state index in [1.54, 1.807) is 0 Å². The van der Waals surface area contributed by atoms with E-state index < -0.39 is 26.5 Å². The van der Waals surface area contributed by atoms with Gasteiger partial charge in [-0.1, -0.05) is 153 Å². The molecule has 0 saturated heterocycles. The first kappa shape index (κ1) is 49.3. The summed E-state index contributed by atoms with van der Waals surface area (Å²) in [7, 11) is -3.20. The van der Waals surface area contributed by atoms with Gasteiger partial charge >= 0.3 is 19.8 Å². The van der Waals surface area contributed by atoms with Gasteiger partial charge in [0.15, 0.2) is 6.10 Å². The first-order valence-electron chi connectivity index (χ1n) is 20.7. The fourth-order valence-corrected chi connectivity index (χ4v) is 6.09. The van der Waals surface area contributed by atoms with Crippen molar-refractivity contribution in [2.45, 2.75) is 200 Å². The average molecular weight is 741 g/mol. The van der Waals surface area contributed by atoms with Gasteiger partial charge in [0.25, 0.3) is 0 Å². The summed E-state index contributed by atoms with van der Waals surface area (Å²) in [6, 6.07) is 0. The van der Waals surface area contributed by atoms with E-state index in [9.17, 15) is 19.0 Å². The molecule has 0 spiro atoms. The van der Waals surface area contributed by atoms with Gasteiger partial charge < -0.3 is 14.4 Å². The Labute approximate surface area is 313 Å². The molecule has 0 aliphatic carbocycles. The van der Waals surface area contributed by atoms with E-state index in [0.717, 1.165) is 71.3 Å². The summed E-state index contributed by atoms with van der Waals surface area (Å²) in [5.74, 6) is -0.821. The number of allylic oxidation sites excluding steroid dienone is 6. The predicted octanol–water partition coefficient (Wildman–Crippen LogP) is 12.8. The number of ether oxygens (including phenoxy) is 2. The molecule has 0 aliphatic rings. The highest BCUT2D eigenvalue weighted by atomic mass is 31.2. The van der Waals surface area contributed by atoms with Gasteiger partial charge in [-0.05, 0) is 64.2 Å². The second-order valence-corrected chi connectivity index (χ2v) is 15.3. The summed E-state index contributed by atoms with van der Waals surface area (Å²) in [6.45, 7) is 3.81. The minimum absolute atomic E-state index is 0.228. The number of esters is 2. The van der Waals surface area contributed by atoms with Crippen LogP contribution in [0.4, 0.5) is 0 Å². The molecule has 0 aliphatic heterocycles. The van der Waals surface area contributed by atoms with Crippen molar-refractivity contribution in [2.24, 2.45) is 0 Å². The molecule has 0 heterocycles. The third-order valence-corrected chi connectivity index (χ3v) is 9.77. The molecule has 0 aromatic rings. The fourth-order valence-electron chi connectivity index (χ4n) is 5.63. The zero-order valence-corrected chi connectivity index (χ0v) is 33.9. The number of hydrogen-bond donors (Lipinski definition) is 1. The average Bonchev–Trinajstić information content (AvgIpc) is 3.12. The van der Waals surface area contributed by atoms with Crippen LogP contribution in [0.25, 0.3) is 0 Å². The van der Waals surface area contributed by atoms with Gasteiger partial charge in [-0.2, -0.15) is 0 Å². The number of hydrogen-bond acceptors (Lipinski definition) is 7. The van der Waals surface area contributed by atoms with Gasteiger partial charge in [0.2, 0.25) is 0 Å². The van der Waals surface area contributed by atoms with Crippen LogP contribution in [0.3, 0.4) is 0 Å². The number of carbonyl (C=O) groups excluding carboxylic acids is 2. The molecule has 51 heavy (non-hydrogen) atoms. The standard InChI is InChI=1S/C42H77O8P/c1-4-6-8-10-12-14-16-18-19-20-21-22-23-25-26-28-30-32-34-36-41(43)48-38-40(39-49-51(45,46)47-3)50-42(44)37-35-33-31-29-27-24-17-15-13-11-9-7-5-2/h9,11,15,17-19,40H,4-8,10,12-14,16,20-39H2,1-3H3,(H,45,46)/b11-9-,17-15-,19-18-. The van der Waals surface area contributed by atoms with E-state index in [1.807, 2.05) is 0 Å². The lowest BCUT2D eigenvalue weighted by Gasteiger charge is -2.19. The molecule has 0 saturated carbocycles. The molecule has 298 valence electrons. The molecule has 2 unspecified atom stereocenters. The monoisotopic (exact) mass is 741 g/mol. The minimum atomic E-state index is -4.26. The molecule has 1 N–H and O–H groups in total. The zero-order chi connectivity index (χ0) is 37.5. The van der Waals surface area contributed by atoms with Crippen molar-refractivity contribution < 1.29 is 37.6 Å². The second-order valence-electron chi connectivity index (χ2n) is 13.8. The summed E-state index contributed by atoms with van der Waals surface area (Å²) in [5, 5.41) is 0. The molecule has 0 bridgehead atoms. The van der Waals surface area contributed by atoms with Crippen LogP contribution in [0, 0.1) is 0 Å². The summed E-state index contributed by atoms with van der Waals surface area (Å²) in [5.41, 5.74) is 0. The fraction of sp³-hybridized carbons (Fsp3) is 0.810. The number of rotatable bonds is 38. The van der Waals surface area contributed by atoms with E-state index in [4.69, 9.17) is 14.0 Å². The van der Waals surface area contributed by atoms with Crippen LogP contribution < -0.4 is 0 Å². The molecule has 8 nitrogen and oxygen atoms in total. The van der Waals surface area contributed by atoms with Crippen LogP contribution in [0.2, 0.25) is 0 Å². The smallest absolute Gasteiger partial charge is 0.462 e. The lowest BCUT2D eigenvalue weighted by molar-refractivity contribution is -0.161. The molecule has 0 fully saturated rings. The number of phosphoric ester groups is 1. The van der Waals surface area contributed by atoms with E-state index in [2.05, 4.69) is 54.8 Å². The molecule has 0 amide bonds. The van der Waals surface area contributed by atoms with Gasteiger partial charge in [-0.25, -0.2) is 4.57 Å². The van der Waals surface area contributed by atoms with Gasteiger partial charge in [0.05, 0.1) is 6.61 Å². The Bertz CT molecular complexity index is 932. The topological polar surface area (TPSA) is 108 Å². The molecular formula is C42H77O8P. The van der Waals surface area contributed by atoms with Crippen molar-refractivity contribution in [3.63, 3.8) is 0 Å². The minimum Gasteiger partial charge on any atom is -0.462 e. The highest BCUT2D eigenvalue weighted by Gasteiger charge is 2.24. The summed E-state index contributed by atoms with van der Waals surface area (Å²) >= 11 is 0. The maximum atomic E-state index is 12.5. The largest absolute Gasteiger partial charge is 0.472 e. The lowest BCUT2D eigenvalue weighted by Crippen LogP contribution is -2.29. The Morgan fingerprint density at radius 1 is 0.549 bits per heavy atom. The van der Waals surface area contributed by atoms with Gasteiger partial charge in [-0.15, -0.1) is 0 Å². The summed E-state index contributed by atoms with van der Waals surface area (Å²) < 4.78 is 31.9. The van der Waals surface area contributed by atoms with Crippen molar-refractivity contribution in [1.82, 2.24) is 0 Å². The Morgan fingerprint density at radius 3 is 1.47 bits per heavy atom. The molecule has 0 aromatic heterocycles. The first-order chi connectivity index (χ1) is 24.8. The predicted molar refractivity (Wildman–Crippen MR) is 212 cm³/mol. The molecule has 2 atom stereocenters. The zero-order valence-electron chi connectivity index (χ0n) is 33.0. The molecule has 9 heteroatoms. The van der Waals surface area contributed by atoms with Crippen LogP contribution in [0.5, 0.6) is 0 Å². The normalized spacial score (nSPS) is 13.7. The highest BCUT2D eigenvalue weighted by molar-refractivity contribution is 7.47. The maximum Gasteiger partial charge on any atom is 0.472 e. The molecule has 0 radical (unpaired) electrons. The van der Waals surface area contributed by atoms with Gasteiger partial charge in [-0.3, -0.25) is 18.6 Å². The molecule has 0 aromatic carbocycles. The molecular weight excluding hydrogens is 663 g/mol. The van der Waals surface area contributed by atoms with Crippen LogP contribution >= 0.6 is 7.82 Å². The van der Waals surface area contributed by atoms with E-state index >= 15 is 0 Å². The van der Waals surface area contributed by atoms with Crippen molar-refractivity contribution in [3.8, 4) is 0 Å². The maximum absolute atomic E-state index is 12.5. The summed E-state index contributed by atoms with van der Waals surface area (Å²) in [4.78, 5) is 34.4.